The lowest BCUT2D eigenvalue weighted by Gasteiger charge is -2.04. The van der Waals surface area contributed by atoms with Crippen molar-refractivity contribution in [3.63, 3.8) is 0 Å². The van der Waals surface area contributed by atoms with Crippen molar-refractivity contribution >= 4 is 16.6 Å². The fourth-order valence-electron chi connectivity index (χ4n) is 3.07. The van der Waals surface area contributed by atoms with Crippen molar-refractivity contribution < 1.29 is 10.0 Å². The first-order valence-corrected chi connectivity index (χ1v) is 8.26. The number of aromatic nitrogens is 1. The molecular weight excluding hydrogens is 316 g/mol. The molecule has 25 heavy (non-hydrogen) atoms. The molecular formula is C20H20N2O3. The molecule has 0 aliphatic carbocycles. The Bertz CT molecular complexity index is 941. The van der Waals surface area contributed by atoms with Crippen LogP contribution in [0.3, 0.4) is 0 Å². The Morgan fingerprint density at radius 1 is 1.24 bits per heavy atom. The van der Waals surface area contributed by atoms with E-state index in [0.717, 1.165) is 28.5 Å². The maximum Gasteiger partial charge on any atom is 0.269 e. The zero-order valence-electron chi connectivity index (χ0n) is 14.1. The zero-order chi connectivity index (χ0) is 17.8. The Hall–Kier alpha value is -3.08. The minimum Gasteiger partial charge on any atom is -0.511 e. The van der Waals surface area contributed by atoms with E-state index in [4.69, 9.17) is 0 Å². The molecule has 0 aliphatic rings. The summed E-state index contributed by atoms with van der Waals surface area (Å²) in [5.74, 6) is 0.338. The number of allylic oxidation sites excluding steroid dienone is 2. The van der Waals surface area contributed by atoms with E-state index in [0.29, 0.717) is 18.7 Å². The van der Waals surface area contributed by atoms with E-state index in [-0.39, 0.29) is 10.6 Å². The molecule has 128 valence electrons. The molecule has 1 heterocycles. The summed E-state index contributed by atoms with van der Waals surface area (Å²) < 4.78 is 2.02. The number of aliphatic hydroxyl groups excluding tert-OH is 1. The zero-order valence-corrected chi connectivity index (χ0v) is 14.1. The number of rotatable bonds is 6. The molecule has 5 nitrogen and oxygen atoms in total. The second-order valence-corrected chi connectivity index (χ2v) is 6.01. The summed E-state index contributed by atoms with van der Waals surface area (Å²) in [5.41, 5.74) is 3.12. The molecule has 2 aromatic carbocycles. The Morgan fingerprint density at radius 3 is 2.80 bits per heavy atom. The van der Waals surface area contributed by atoms with Crippen molar-refractivity contribution in [2.75, 3.05) is 0 Å². The summed E-state index contributed by atoms with van der Waals surface area (Å²) >= 11 is 0. The maximum atomic E-state index is 11.0. The van der Waals surface area contributed by atoms with Crippen LogP contribution in [0.1, 0.15) is 24.5 Å². The molecule has 0 saturated carbocycles. The van der Waals surface area contributed by atoms with E-state index in [1.807, 2.05) is 48.0 Å². The van der Waals surface area contributed by atoms with E-state index < -0.39 is 0 Å². The predicted octanol–water partition coefficient (Wildman–Crippen LogP) is 4.99. The van der Waals surface area contributed by atoms with Gasteiger partial charge in [-0.1, -0.05) is 37.3 Å². The minimum absolute atomic E-state index is 0.102. The van der Waals surface area contributed by atoms with Crippen LogP contribution >= 0.6 is 0 Å². The molecule has 0 aliphatic heterocycles. The van der Waals surface area contributed by atoms with Gasteiger partial charge in [-0.15, -0.1) is 0 Å². The molecule has 3 rings (SSSR count). The van der Waals surface area contributed by atoms with Crippen LogP contribution in [0.5, 0.6) is 0 Å². The first-order chi connectivity index (χ1) is 12.1. The molecule has 0 unspecified atom stereocenters. The highest BCUT2D eigenvalue weighted by Gasteiger charge is 2.11. The van der Waals surface area contributed by atoms with Gasteiger partial charge in [0.25, 0.3) is 5.69 Å². The average Bonchev–Trinajstić information content (AvgIpc) is 2.93. The molecule has 0 atom stereocenters. The number of benzene rings is 2. The van der Waals surface area contributed by atoms with E-state index >= 15 is 0 Å². The number of hydrogen-bond acceptors (Lipinski definition) is 3. The summed E-state index contributed by atoms with van der Waals surface area (Å²) in [6.07, 6.45) is 5.21. The van der Waals surface area contributed by atoms with Gasteiger partial charge in [0.1, 0.15) is 5.76 Å². The molecule has 1 N–H and O–H groups in total. The van der Waals surface area contributed by atoms with Gasteiger partial charge in [0, 0.05) is 29.2 Å². The number of para-hydroxylation sites is 1. The Balaban J connectivity index is 1.98. The maximum absolute atomic E-state index is 11.0. The van der Waals surface area contributed by atoms with Gasteiger partial charge >= 0.3 is 0 Å². The number of nitrogens with zero attached hydrogens (tertiary/aromatic N) is 2. The fourth-order valence-corrected chi connectivity index (χ4v) is 3.07. The average molecular weight is 336 g/mol. The van der Waals surface area contributed by atoms with Gasteiger partial charge in [-0.05, 0) is 36.1 Å². The van der Waals surface area contributed by atoms with Crippen LogP contribution in [0.4, 0.5) is 5.69 Å². The normalized spacial score (nSPS) is 11.8. The van der Waals surface area contributed by atoms with Crippen molar-refractivity contribution in [2.45, 2.75) is 26.3 Å². The first-order valence-electron chi connectivity index (χ1n) is 8.26. The number of hydrogen-bond donors (Lipinski definition) is 1. The van der Waals surface area contributed by atoms with Crippen molar-refractivity contribution in [2.24, 2.45) is 0 Å². The van der Waals surface area contributed by atoms with Crippen molar-refractivity contribution in [1.82, 2.24) is 4.57 Å². The third-order valence-corrected chi connectivity index (χ3v) is 4.16. The van der Waals surface area contributed by atoms with Crippen LogP contribution < -0.4 is 0 Å². The predicted molar refractivity (Wildman–Crippen MR) is 98.8 cm³/mol. The molecule has 0 amide bonds. The van der Waals surface area contributed by atoms with E-state index in [1.54, 1.807) is 18.2 Å². The molecule has 5 heteroatoms. The van der Waals surface area contributed by atoms with Crippen LogP contribution in [0, 0.1) is 10.1 Å². The van der Waals surface area contributed by atoms with Crippen molar-refractivity contribution in [1.29, 1.82) is 0 Å². The summed E-state index contributed by atoms with van der Waals surface area (Å²) in [4.78, 5) is 10.6. The lowest BCUT2D eigenvalue weighted by Crippen LogP contribution is -1.99. The quantitative estimate of drug-likeness (QED) is 0.391. The standard InChI is InChI=1S/C20H20N2O3/c1-2-6-18(23)14-21-13-16(19-9-3-4-10-20(19)21)11-15-7-5-8-17(12-15)22(24)25/h3-10,12-13,23H,2,11,14H2,1H3/b18-6+. The van der Waals surface area contributed by atoms with Gasteiger partial charge in [0.2, 0.25) is 0 Å². The monoisotopic (exact) mass is 336 g/mol. The van der Waals surface area contributed by atoms with E-state index in [2.05, 4.69) is 0 Å². The summed E-state index contributed by atoms with van der Waals surface area (Å²) in [6, 6.07) is 14.7. The Morgan fingerprint density at radius 2 is 2.04 bits per heavy atom. The highest BCUT2D eigenvalue weighted by atomic mass is 16.6. The van der Waals surface area contributed by atoms with Gasteiger partial charge in [-0.25, -0.2) is 0 Å². The second kappa shape index (κ2) is 7.21. The highest BCUT2D eigenvalue weighted by molar-refractivity contribution is 5.84. The van der Waals surface area contributed by atoms with Gasteiger partial charge in [-0.2, -0.15) is 0 Å². The van der Waals surface area contributed by atoms with Gasteiger partial charge in [-0.3, -0.25) is 10.1 Å². The fraction of sp³-hybridized carbons (Fsp3) is 0.200. The first kappa shape index (κ1) is 16.8. The molecule has 0 saturated heterocycles. The SMILES string of the molecule is CC/C=C(/O)Cn1cc(Cc2cccc([N+](=O)[O-])c2)c2ccccc21. The second-order valence-electron chi connectivity index (χ2n) is 6.01. The molecule has 0 radical (unpaired) electrons. The smallest absolute Gasteiger partial charge is 0.269 e. The third-order valence-electron chi connectivity index (χ3n) is 4.16. The van der Waals surface area contributed by atoms with Gasteiger partial charge in [0.15, 0.2) is 0 Å². The van der Waals surface area contributed by atoms with Crippen LogP contribution in [0.25, 0.3) is 10.9 Å². The summed E-state index contributed by atoms with van der Waals surface area (Å²) in [7, 11) is 0. The molecule has 0 spiro atoms. The van der Waals surface area contributed by atoms with Crippen LogP contribution in [0.15, 0.2) is 66.6 Å². The summed E-state index contributed by atoms with van der Waals surface area (Å²) in [5, 5.41) is 22.1. The highest BCUT2D eigenvalue weighted by Crippen LogP contribution is 2.25. The lowest BCUT2D eigenvalue weighted by atomic mass is 10.0. The van der Waals surface area contributed by atoms with E-state index in [9.17, 15) is 15.2 Å². The minimum atomic E-state index is -0.375. The van der Waals surface area contributed by atoms with Gasteiger partial charge < -0.3 is 9.67 Å². The molecule has 1 aromatic heterocycles. The molecule has 3 aromatic rings. The Labute approximate surface area is 146 Å². The number of nitro benzene ring substituents is 1. The number of non-ortho nitro benzene ring substituents is 1. The number of nitro groups is 1. The van der Waals surface area contributed by atoms with Crippen LogP contribution in [0.2, 0.25) is 0 Å². The molecule has 0 bridgehead atoms. The van der Waals surface area contributed by atoms with E-state index in [1.165, 1.54) is 6.07 Å². The third kappa shape index (κ3) is 3.71. The summed E-state index contributed by atoms with van der Waals surface area (Å²) in [6.45, 7) is 2.40. The lowest BCUT2D eigenvalue weighted by molar-refractivity contribution is -0.384. The van der Waals surface area contributed by atoms with Gasteiger partial charge in [0.05, 0.1) is 11.5 Å². The van der Waals surface area contributed by atoms with Crippen LogP contribution in [-0.4, -0.2) is 14.6 Å². The topological polar surface area (TPSA) is 68.3 Å². The van der Waals surface area contributed by atoms with Crippen molar-refractivity contribution in [3.8, 4) is 0 Å². The number of aliphatic hydroxyl groups is 1. The molecule has 0 fully saturated rings. The van der Waals surface area contributed by atoms with Crippen LogP contribution in [-0.2, 0) is 13.0 Å². The number of fused-ring (bicyclic) bond motifs is 1. The largest absolute Gasteiger partial charge is 0.511 e. The van der Waals surface area contributed by atoms with Crippen molar-refractivity contribution in [3.05, 3.63) is 87.8 Å². The Kier molecular flexibility index (Phi) is 4.84.